The number of hydrogen-bond donors (Lipinski definition) is 2. The van der Waals surface area contributed by atoms with Crippen LogP contribution in [0.15, 0.2) is 48.5 Å². The first-order valence-corrected chi connectivity index (χ1v) is 8.24. The van der Waals surface area contributed by atoms with Gasteiger partial charge in [-0.15, -0.1) is 0 Å². The van der Waals surface area contributed by atoms with Gasteiger partial charge in [0.25, 0.3) is 0 Å². The Labute approximate surface area is 144 Å². The monoisotopic (exact) mass is 327 g/mol. The summed E-state index contributed by atoms with van der Waals surface area (Å²) in [6, 6.07) is 15.5. The molecule has 0 fully saturated rings. The number of rotatable bonds is 6. The second kappa shape index (κ2) is 7.37. The molecule has 2 aromatic carbocycles. The highest BCUT2D eigenvalue weighted by Gasteiger charge is 2.44. The van der Waals surface area contributed by atoms with Gasteiger partial charge in [0.1, 0.15) is 11.4 Å². The van der Waals surface area contributed by atoms with E-state index in [1.165, 1.54) is 0 Å². The predicted molar refractivity (Wildman–Crippen MR) is 96.5 cm³/mol. The molecule has 0 heterocycles. The van der Waals surface area contributed by atoms with Gasteiger partial charge in [0, 0.05) is 5.41 Å². The van der Waals surface area contributed by atoms with E-state index in [0.717, 1.165) is 16.7 Å². The number of aliphatic hydroxyl groups is 2. The molecule has 0 aliphatic carbocycles. The molecule has 129 valence electrons. The number of hydrogen-bond acceptors (Lipinski definition) is 3. The van der Waals surface area contributed by atoms with E-state index in [1.807, 2.05) is 30.3 Å². The zero-order chi connectivity index (χ0) is 17.8. The molecule has 2 aromatic rings. The van der Waals surface area contributed by atoms with Gasteiger partial charge in [0.05, 0.1) is 13.2 Å². The molecule has 0 amide bonds. The predicted octanol–water partition coefficient (Wildman–Crippen LogP) is 4.22. The van der Waals surface area contributed by atoms with Gasteiger partial charge in [-0.05, 0) is 42.2 Å². The Morgan fingerprint density at radius 3 is 1.88 bits per heavy atom. The Bertz CT molecular complexity index is 636. The van der Waals surface area contributed by atoms with Crippen molar-refractivity contribution in [1.29, 1.82) is 0 Å². The summed E-state index contributed by atoms with van der Waals surface area (Å²) in [4.78, 5) is 0. The molecule has 0 aliphatic heterocycles. The highest BCUT2D eigenvalue weighted by Crippen LogP contribution is 2.45. The van der Waals surface area contributed by atoms with E-state index < -0.39 is 5.60 Å². The van der Waals surface area contributed by atoms with Crippen molar-refractivity contribution in [3.8, 4) is 5.75 Å². The van der Waals surface area contributed by atoms with E-state index in [-0.39, 0.29) is 18.6 Å². The van der Waals surface area contributed by atoms with Crippen LogP contribution in [0.1, 0.15) is 43.9 Å². The third-order valence-corrected chi connectivity index (χ3v) is 4.49. The van der Waals surface area contributed by atoms with E-state index in [4.69, 9.17) is 4.74 Å². The largest absolute Gasteiger partial charge is 0.482 e. The normalized spacial score (nSPS) is 14.2. The average Bonchev–Trinajstić information content (AvgIpc) is 2.59. The standard InChI is InChI=1S/C21H27O3/c1-5-21(20(2,3)4,18-9-7-6-8-10-18)24-19-12-16(14-22)11-17(13-19)15-23/h6-13,22-23H,1,5,14-15H2,2-4H3. The van der Waals surface area contributed by atoms with Crippen molar-refractivity contribution in [2.24, 2.45) is 5.41 Å². The van der Waals surface area contributed by atoms with Crippen LogP contribution >= 0.6 is 0 Å². The van der Waals surface area contributed by atoms with E-state index in [1.54, 1.807) is 6.07 Å². The van der Waals surface area contributed by atoms with Crippen LogP contribution in [0.5, 0.6) is 5.75 Å². The van der Waals surface area contributed by atoms with E-state index >= 15 is 0 Å². The summed E-state index contributed by atoms with van der Waals surface area (Å²) in [7, 11) is 0. The third kappa shape index (κ3) is 3.63. The molecule has 0 aromatic heterocycles. The molecule has 3 nitrogen and oxygen atoms in total. The summed E-state index contributed by atoms with van der Waals surface area (Å²) in [6.45, 7) is 10.4. The summed E-state index contributed by atoms with van der Waals surface area (Å²) in [5.74, 6) is 0.632. The van der Waals surface area contributed by atoms with Crippen LogP contribution in [0.25, 0.3) is 0 Å². The van der Waals surface area contributed by atoms with E-state index in [2.05, 4.69) is 39.8 Å². The van der Waals surface area contributed by atoms with Crippen molar-refractivity contribution in [3.63, 3.8) is 0 Å². The Morgan fingerprint density at radius 2 is 1.46 bits per heavy atom. The molecule has 1 unspecified atom stereocenters. The van der Waals surface area contributed by atoms with Crippen LogP contribution in [-0.2, 0) is 18.8 Å². The lowest BCUT2D eigenvalue weighted by atomic mass is 9.70. The minimum absolute atomic E-state index is 0.0948. The lowest BCUT2D eigenvalue weighted by molar-refractivity contribution is -0.0373. The maximum atomic E-state index is 9.46. The molecule has 1 radical (unpaired) electrons. The topological polar surface area (TPSA) is 49.7 Å². The van der Waals surface area contributed by atoms with Crippen LogP contribution in [0.3, 0.4) is 0 Å². The van der Waals surface area contributed by atoms with Crippen molar-refractivity contribution in [3.05, 3.63) is 72.1 Å². The maximum Gasteiger partial charge on any atom is 0.139 e. The minimum Gasteiger partial charge on any atom is -0.482 e. The summed E-state index contributed by atoms with van der Waals surface area (Å²) < 4.78 is 6.50. The quantitative estimate of drug-likeness (QED) is 0.835. The molecular formula is C21H27O3. The first-order valence-electron chi connectivity index (χ1n) is 8.24. The lowest BCUT2D eigenvalue weighted by Crippen LogP contribution is -2.45. The molecule has 0 aliphatic rings. The molecule has 0 bridgehead atoms. The van der Waals surface area contributed by atoms with Gasteiger partial charge >= 0.3 is 0 Å². The molecule has 24 heavy (non-hydrogen) atoms. The highest BCUT2D eigenvalue weighted by molar-refractivity contribution is 5.36. The molecule has 0 saturated heterocycles. The van der Waals surface area contributed by atoms with Crippen molar-refractivity contribution < 1.29 is 14.9 Å². The fourth-order valence-electron chi connectivity index (χ4n) is 3.09. The molecule has 0 spiro atoms. The molecule has 2 N–H and O–H groups in total. The fraction of sp³-hybridized carbons (Fsp3) is 0.381. The van der Waals surface area contributed by atoms with Crippen molar-refractivity contribution in [2.75, 3.05) is 0 Å². The van der Waals surface area contributed by atoms with Crippen molar-refractivity contribution in [1.82, 2.24) is 0 Å². The first kappa shape index (κ1) is 18.5. The zero-order valence-corrected chi connectivity index (χ0v) is 14.7. The van der Waals surface area contributed by atoms with Gasteiger partial charge in [-0.25, -0.2) is 0 Å². The fourth-order valence-corrected chi connectivity index (χ4v) is 3.09. The minimum atomic E-state index is -0.616. The summed E-state index contributed by atoms with van der Waals surface area (Å²) in [5.41, 5.74) is 1.68. The smallest absolute Gasteiger partial charge is 0.139 e. The Hall–Kier alpha value is -1.84. The Morgan fingerprint density at radius 1 is 0.917 bits per heavy atom. The summed E-state index contributed by atoms with van der Waals surface area (Å²) in [6.07, 6.45) is 0.554. The number of benzene rings is 2. The molecule has 2 rings (SSSR count). The maximum absolute atomic E-state index is 9.46. The summed E-state index contributed by atoms with van der Waals surface area (Å²) >= 11 is 0. The lowest BCUT2D eigenvalue weighted by Gasteiger charge is -2.45. The van der Waals surface area contributed by atoms with Crippen LogP contribution in [0, 0.1) is 12.3 Å². The zero-order valence-electron chi connectivity index (χ0n) is 14.7. The van der Waals surface area contributed by atoms with Crippen molar-refractivity contribution >= 4 is 0 Å². The van der Waals surface area contributed by atoms with Gasteiger partial charge in [-0.3, -0.25) is 0 Å². The van der Waals surface area contributed by atoms with Crippen LogP contribution in [0.4, 0.5) is 0 Å². The molecule has 0 saturated carbocycles. The first-order chi connectivity index (χ1) is 11.4. The van der Waals surface area contributed by atoms with Gasteiger partial charge in [-0.2, -0.15) is 0 Å². The third-order valence-electron chi connectivity index (χ3n) is 4.49. The van der Waals surface area contributed by atoms with Gasteiger partial charge in [0.2, 0.25) is 0 Å². The Kier molecular flexibility index (Phi) is 5.68. The summed E-state index contributed by atoms with van der Waals surface area (Å²) in [5, 5.41) is 18.9. The SMILES string of the molecule is [CH2]CC(Oc1cc(CO)cc(CO)c1)(c1ccccc1)C(C)(C)C. The van der Waals surface area contributed by atoms with Crippen molar-refractivity contribution in [2.45, 2.75) is 46.0 Å². The van der Waals surface area contributed by atoms with Crippen LogP contribution in [0.2, 0.25) is 0 Å². The Balaban J connectivity index is 2.54. The molecular weight excluding hydrogens is 300 g/mol. The number of ether oxygens (including phenoxy) is 1. The number of aliphatic hydroxyl groups excluding tert-OH is 2. The van der Waals surface area contributed by atoms with Gasteiger partial charge in [-0.1, -0.05) is 57.2 Å². The van der Waals surface area contributed by atoms with E-state index in [9.17, 15) is 10.2 Å². The molecule has 1 atom stereocenters. The highest BCUT2D eigenvalue weighted by atomic mass is 16.5. The van der Waals surface area contributed by atoms with E-state index in [0.29, 0.717) is 12.2 Å². The average molecular weight is 327 g/mol. The second-order valence-corrected chi connectivity index (χ2v) is 7.10. The van der Waals surface area contributed by atoms with Crippen LogP contribution < -0.4 is 4.74 Å². The van der Waals surface area contributed by atoms with Gasteiger partial charge < -0.3 is 14.9 Å². The van der Waals surface area contributed by atoms with Crippen LogP contribution in [-0.4, -0.2) is 10.2 Å². The van der Waals surface area contributed by atoms with Gasteiger partial charge in [0.15, 0.2) is 0 Å². The second-order valence-electron chi connectivity index (χ2n) is 7.10. The molecule has 3 heteroatoms.